The van der Waals surface area contributed by atoms with E-state index in [9.17, 15) is 60.7 Å². The second-order valence-corrected chi connectivity index (χ2v) is 20.5. The van der Waals surface area contributed by atoms with E-state index in [0.717, 1.165) is 0 Å². The number of hydrogen-bond donors (Lipinski definition) is 1. The number of alkyl halides is 10. The normalized spacial score (nSPS) is 14.2. The molecule has 0 aliphatic heterocycles. The van der Waals surface area contributed by atoms with Gasteiger partial charge in [0.1, 0.15) is 0 Å². The zero-order valence-corrected chi connectivity index (χ0v) is 32.0. The van der Waals surface area contributed by atoms with Crippen LogP contribution in [-0.2, 0) is 47.2 Å². The van der Waals surface area contributed by atoms with Gasteiger partial charge in [-0.2, -0.15) is 43.9 Å². The molecule has 0 aliphatic rings. The van der Waals surface area contributed by atoms with Gasteiger partial charge in [0.05, 0.1) is 10.9 Å². The van der Waals surface area contributed by atoms with Crippen LogP contribution in [-0.4, -0.2) is 39.7 Å². The number of benzene rings is 3. The van der Waals surface area contributed by atoms with Gasteiger partial charge in [-0.15, -0.1) is 0 Å². The van der Waals surface area contributed by atoms with E-state index in [0.29, 0.717) is 0 Å². The van der Waals surface area contributed by atoms with Crippen LogP contribution in [0.25, 0.3) is 0 Å². The highest BCUT2D eigenvalue weighted by Gasteiger charge is 2.73. The van der Waals surface area contributed by atoms with Crippen LogP contribution in [0.5, 0.6) is 0 Å². The second-order valence-electron chi connectivity index (χ2n) is 14.7. The predicted octanol–water partition coefficient (Wildman–Crippen LogP) is 10.2. The van der Waals surface area contributed by atoms with Crippen molar-refractivity contribution in [2.45, 2.75) is 116 Å². The van der Waals surface area contributed by atoms with Gasteiger partial charge < -0.3 is 0 Å². The molecule has 3 rings (SSSR count). The van der Waals surface area contributed by atoms with Gasteiger partial charge in [-0.05, 0) is 69.3 Å². The number of sulfonamides is 2. The molecule has 0 bridgehead atoms. The molecule has 18 heteroatoms. The topological polar surface area (TPSA) is 80.3 Å². The van der Waals surface area contributed by atoms with Gasteiger partial charge in [0.15, 0.2) is 14.7 Å². The van der Waals surface area contributed by atoms with E-state index >= 15 is 0 Å². The fraction of sp³-hybridized carbons (Fsp3) is 0.471. The molecule has 0 heterocycles. The summed E-state index contributed by atoms with van der Waals surface area (Å²) in [6.07, 6.45) is -13.9. The van der Waals surface area contributed by atoms with Crippen LogP contribution in [0, 0.1) is 0 Å². The van der Waals surface area contributed by atoms with Crippen LogP contribution >= 0.6 is 0 Å². The third-order valence-electron chi connectivity index (χ3n) is 7.42. The van der Waals surface area contributed by atoms with Crippen molar-refractivity contribution >= 4 is 30.9 Å². The first-order valence-electron chi connectivity index (χ1n) is 15.2. The molecule has 0 saturated heterocycles. The lowest BCUT2D eigenvalue weighted by Crippen LogP contribution is -2.57. The summed E-state index contributed by atoms with van der Waals surface area (Å²) in [5.74, 6) is 0. The standard InChI is InChI=1S/C30H39S.C4HF10NO4S2/c1-28(2,3)22-10-16-25(17-11-22)31(26-18-12-23(13-19-26)29(4,5)6)27-20-14-24(15-21-27)30(7,8)9;5-1(6,7)3(11,12)20(16,17)15-21(18,19)4(13,14)2(8,9)10/h10-21H,1-9H3;15H/q+1;. The van der Waals surface area contributed by atoms with E-state index in [-0.39, 0.29) is 27.1 Å². The second kappa shape index (κ2) is 14.8. The predicted molar refractivity (Wildman–Crippen MR) is 181 cm³/mol. The van der Waals surface area contributed by atoms with Crippen molar-refractivity contribution in [3.05, 3.63) is 89.5 Å². The highest BCUT2D eigenvalue weighted by molar-refractivity contribution is 8.05. The molecule has 3 aromatic rings. The maximum atomic E-state index is 12.4. The molecule has 0 spiro atoms. The Balaban J connectivity index is 0.000000392. The van der Waals surface area contributed by atoms with Crippen molar-refractivity contribution in [3.8, 4) is 0 Å². The quantitative estimate of drug-likeness (QED) is 0.190. The van der Waals surface area contributed by atoms with Gasteiger partial charge in [0, 0.05) is 0 Å². The van der Waals surface area contributed by atoms with E-state index in [1.165, 1.54) is 31.4 Å². The smallest absolute Gasteiger partial charge is 0.205 e. The van der Waals surface area contributed by atoms with E-state index in [4.69, 9.17) is 0 Å². The summed E-state index contributed by atoms with van der Waals surface area (Å²) in [4.78, 5) is 4.13. The summed E-state index contributed by atoms with van der Waals surface area (Å²) in [5.41, 5.74) is 4.64. The van der Waals surface area contributed by atoms with Crippen molar-refractivity contribution in [3.63, 3.8) is 0 Å². The minimum atomic E-state index is -7.49. The Bertz CT molecular complexity index is 1700. The molecule has 0 atom stereocenters. The van der Waals surface area contributed by atoms with Gasteiger partial charge in [-0.25, -0.2) is 16.8 Å². The summed E-state index contributed by atoms with van der Waals surface area (Å²) >= 11 is 0. The largest absolute Gasteiger partial charge is 0.471 e. The number of halogens is 10. The molecule has 0 unspecified atom stereocenters. The van der Waals surface area contributed by atoms with Crippen molar-refractivity contribution in [1.82, 2.24) is 4.13 Å². The van der Waals surface area contributed by atoms with Crippen LogP contribution in [0.3, 0.4) is 0 Å². The Kier molecular flexibility index (Phi) is 12.9. The Morgan fingerprint density at radius 1 is 0.404 bits per heavy atom. The molecule has 0 saturated carbocycles. The Labute approximate surface area is 300 Å². The maximum absolute atomic E-state index is 12.4. The fourth-order valence-electron chi connectivity index (χ4n) is 4.24. The molecular weight excluding hydrogens is 773 g/mol. The third kappa shape index (κ3) is 10.2. The van der Waals surface area contributed by atoms with E-state index < -0.39 is 47.0 Å². The molecule has 1 N–H and O–H groups in total. The van der Waals surface area contributed by atoms with Gasteiger partial charge in [-0.3, -0.25) is 0 Å². The molecule has 0 fully saturated rings. The van der Waals surface area contributed by atoms with Crippen molar-refractivity contribution < 1.29 is 60.7 Å². The molecule has 292 valence electrons. The van der Waals surface area contributed by atoms with Crippen LogP contribution in [0.15, 0.2) is 87.5 Å². The SMILES string of the molecule is CC(C)(C)c1ccc([S+](c2ccc(C(C)(C)C)cc2)c2ccc(C(C)(C)C)cc2)cc1.O=S(=O)(NS(=O)(=O)C(F)(F)C(F)(F)F)C(F)(F)C(F)(F)F. The third-order valence-corrected chi connectivity index (χ3v) is 13.2. The lowest BCUT2D eigenvalue weighted by molar-refractivity contribution is -0.242. The van der Waals surface area contributed by atoms with Gasteiger partial charge in [-0.1, -0.05) is 103 Å². The van der Waals surface area contributed by atoms with Crippen LogP contribution in [0.4, 0.5) is 43.9 Å². The lowest BCUT2D eigenvalue weighted by Gasteiger charge is -2.23. The van der Waals surface area contributed by atoms with Gasteiger partial charge in [0.2, 0.25) is 0 Å². The summed E-state index contributed by atoms with van der Waals surface area (Å²) in [7, 11) is -15.1. The monoisotopic (exact) mass is 812 g/mol. The fourth-order valence-corrected chi connectivity index (χ4v) is 8.88. The van der Waals surface area contributed by atoms with Crippen molar-refractivity contribution in [1.29, 1.82) is 0 Å². The molecule has 0 aliphatic carbocycles. The lowest BCUT2D eigenvalue weighted by atomic mass is 9.87. The molecule has 3 aromatic carbocycles. The van der Waals surface area contributed by atoms with Gasteiger partial charge >= 0.3 is 22.9 Å². The average Bonchev–Trinajstić information content (AvgIpc) is 2.95. The molecule has 52 heavy (non-hydrogen) atoms. The Morgan fingerprint density at radius 2 is 0.596 bits per heavy atom. The minimum absolute atomic E-state index is 0.120. The molecule has 0 amide bonds. The zero-order valence-electron chi connectivity index (χ0n) is 29.6. The number of hydrogen-bond acceptors (Lipinski definition) is 4. The zero-order chi connectivity index (χ0) is 40.7. The molecule has 5 nitrogen and oxygen atoms in total. The van der Waals surface area contributed by atoms with Crippen LogP contribution in [0.1, 0.15) is 79.0 Å². The summed E-state index contributed by atoms with van der Waals surface area (Å²) < 4.78 is 160. The minimum Gasteiger partial charge on any atom is -0.205 e. The molecule has 0 radical (unpaired) electrons. The first-order valence-corrected chi connectivity index (χ1v) is 19.4. The number of nitrogens with one attached hydrogen (secondary N) is 1. The highest BCUT2D eigenvalue weighted by atomic mass is 32.3. The first-order chi connectivity index (χ1) is 23.0. The summed E-state index contributed by atoms with van der Waals surface area (Å²) in [6.45, 7) is 20.5. The number of rotatable bonds is 7. The van der Waals surface area contributed by atoms with Crippen LogP contribution in [0.2, 0.25) is 0 Å². The summed E-state index contributed by atoms with van der Waals surface area (Å²) in [6, 6.07) is 27.8. The summed E-state index contributed by atoms with van der Waals surface area (Å²) in [5, 5.41) is -13.9. The average molecular weight is 813 g/mol. The van der Waals surface area contributed by atoms with E-state index in [2.05, 4.69) is 135 Å². The molecule has 0 aromatic heterocycles. The Morgan fingerprint density at radius 3 is 0.750 bits per heavy atom. The first kappa shape index (κ1) is 45.3. The van der Waals surface area contributed by atoms with Gasteiger partial charge in [0.25, 0.3) is 20.0 Å². The van der Waals surface area contributed by atoms with E-state index in [1.807, 2.05) is 0 Å². The van der Waals surface area contributed by atoms with Crippen LogP contribution < -0.4 is 4.13 Å². The van der Waals surface area contributed by atoms with Crippen molar-refractivity contribution in [2.24, 2.45) is 0 Å². The Hall–Kier alpha value is -2.83. The van der Waals surface area contributed by atoms with Crippen molar-refractivity contribution in [2.75, 3.05) is 0 Å². The maximum Gasteiger partial charge on any atom is 0.471 e. The molecular formula is C34H40F10NO4S3+. The van der Waals surface area contributed by atoms with E-state index in [1.54, 1.807) is 0 Å². The highest BCUT2D eigenvalue weighted by Crippen LogP contribution is 2.43.